The van der Waals surface area contributed by atoms with E-state index in [1.165, 1.54) is 13.8 Å². The van der Waals surface area contributed by atoms with Crippen molar-refractivity contribution in [3.8, 4) is 0 Å². The predicted octanol–water partition coefficient (Wildman–Crippen LogP) is 0.192. The van der Waals surface area contributed by atoms with Gasteiger partial charge in [-0.1, -0.05) is 0 Å². The zero-order chi connectivity index (χ0) is 8.65. The van der Waals surface area contributed by atoms with Crippen molar-refractivity contribution in [1.82, 2.24) is 4.90 Å². The highest BCUT2D eigenvalue weighted by Crippen LogP contribution is 2.20. The predicted molar refractivity (Wildman–Crippen MR) is 41.8 cm³/mol. The Hall–Kier alpha value is -0.570. The van der Waals surface area contributed by atoms with Gasteiger partial charge >= 0.3 is 0 Å². The van der Waals surface area contributed by atoms with E-state index in [9.17, 15) is 9.90 Å². The van der Waals surface area contributed by atoms with E-state index in [1.807, 2.05) is 0 Å². The summed E-state index contributed by atoms with van der Waals surface area (Å²) in [6, 6.07) is 0.0638. The molecule has 1 fully saturated rings. The second-order valence-corrected chi connectivity index (χ2v) is 3.50. The van der Waals surface area contributed by atoms with Crippen molar-refractivity contribution in [2.45, 2.75) is 31.9 Å². The lowest BCUT2D eigenvalue weighted by molar-refractivity contribution is -0.154. The van der Waals surface area contributed by atoms with Crippen LogP contribution in [0.15, 0.2) is 0 Å². The molecular weight excluding hydrogens is 142 g/mol. The average molecular weight is 156 g/mol. The van der Waals surface area contributed by atoms with Crippen molar-refractivity contribution >= 4 is 5.91 Å². The highest BCUT2D eigenvalue weighted by atomic mass is 16.3. The van der Waals surface area contributed by atoms with Gasteiger partial charge in [0.25, 0.3) is 5.91 Å². The van der Waals surface area contributed by atoms with Crippen LogP contribution in [-0.4, -0.2) is 34.1 Å². The van der Waals surface area contributed by atoms with Crippen LogP contribution in [-0.2, 0) is 4.79 Å². The van der Waals surface area contributed by atoms with Gasteiger partial charge in [0.2, 0.25) is 0 Å². The molecule has 0 aromatic heterocycles. The SMILES string of the molecule is [CH2]C1CCN1C(=O)C(C)(C)O. The fourth-order valence-corrected chi connectivity index (χ4v) is 1.06. The molecule has 1 amide bonds. The van der Waals surface area contributed by atoms with Gasteiger partial charge < -0.3 is 10.0 Å². The molecule has 3 heteroatoms. The molecule has 1 aliphatic rings. The maximum Gasteiger partial charge on any atom is 0.254 e. The van der Waals surface area contributed by atoms with Crippen LogP contribution in [0.2, 0.25) is 0 Å². The third kappa shape index (κ3) is 1.53. The standard InChI is InChI=1S/C8H14NO2/c1-6-4-5-9(6)7(10)8(2,3)11/h6,11H,1,4-5H2,2-3H3. The van der Waals surface area contributed by atoms with Crippen LogP contribution < -0.4 is 0 Å². The van der Waals surface area contributed by atoms with Gasteiger partial charge in [0, 0.05) is 12.6 Å². The first-order chi connectivity index (χ1) is 4.93. The third-order valence-corrected chi connectivity index (χ3v) is 1.93. The smallest absolute Gasteiger partial charge is 0.254 e. The summed E-state index contributed by atoms with van der Waals surface area (Å²) in [5.41, 5.74) is -1.24. The van der Waals surface area contributed by atoms with E-state index in [1.54, 1.807) is 4.90 Å². The lowest BCUT2D eigenvalue weighted by atomic mass is 10.00. The first-order valence-electron chi connectivity index (χ1n) is 3.79. The number of carbonyl (C=O) groups is 1. The zero-order valence-electron chi connectivity index (χ0n) is 7.00. The Bertz CT molecular complexity index is 171. The van der Waals surface area contributed by atoms with Crippen LogP contribution in [0.3, 0.4) is 0 Å². The van der Waals surface area contributed by atoms with Crippen molar-refractivity contribution in [1.29, 1.82) is 0 Å². The first kappa shape index (κ1) is 8.53. The zero-order valence-corrected chi connectivity index (χ0v) is 7.00. The molecule has 0 aliphatic carbocycles. The molecule has 1 saturated heterocycles. The van der Waals surface area contributed by atoms with Gasteiger partial charge in [0.1, 0.15) is 5.60 Å². The number of rotatable bonds is 1. The molecule has 0 saturated carbocycles. The Morgan fingerprint density at radius 3 is 2.36 bits per heavy atom. The third-order valence-electron chi connectivity index (χ3n) is 1.93. The van der Waals surface area contributed by atoms with Crippen molar-refractivity contribution in [3.63, 3.8) is 0 Å². The number of likely N-dealkylation sites (tertiary alicyclic amines) is 1. The molecule has 1 unspecified atom stereocenters. The van der Waals surface area contributed by atoms with Crippen LogP contribution in [0.5, 0.6) is 0 Å². The summed E-state index contributed by atoms with van der Waals surface area (Å²) in [4.78, 5) is 12.9. The normalized spacial score (nSPS) is 24.7. The second-order valence-electron chi connectivity index (χ2n) is 3.50. The van der Waals surface area contributed by atoms with Crippen LogP contribution in [0.4, 0.5) is 0 Å². The Morgan fingerprint density at radius 1 is 1.73 bits per heavy atom. The fourth-order valence-electron chi connectivity index (χ4n) is 1.06. The van der Waals surface area contributed by atoms with Crippen LogP contribution in [0.25, 0.3) is 0 Å². The van der Waals surface area contributed by atoms with E-state index >= 15 is 0 Å². The first-order valence-corrected chi connectivity index (χ1v) is 3.79. The summed E-state index contributed by atoms with van der Waals surface area (Å²) in [6.07, 6.45) is 0.946. The number of nitrogens with zero attached hydrogens (tertiary/aromatic N) is 1. The van der Waals surface area contributed by atoms with Gasteiger partial charge in [-0.15, -0.1) is 0 Å². The van der Waals surface area contributed by atoms with E-state index in [0.29, 0.717) is 0 Å². The molecule has 1 atom stereocenters. The molecule has 1 heterocycles. The van der Waals surface area contributed by atoms with Crippen molar-refractivity contribution < 1.29 is 9.90 Å². The number of hydrogen-bond donors (Lipinski definition) is 1. The second kappa shape index (κ2) is 2.48. The minimum absolute atomic E-state index is 0.0638. The number of amides is 1. The van der Waals surface area contributed by atoms with E-state index < -0.39 is 5.60 Å². The number of carbonyl (C=O) groups excluding carboxylic acids is 1. The molecule has 0 aromatic rings. The highest BCUT2D eigenvalue weighted by molar-refractivity contribution is 5.85. The quantitative estimate of drug-likeness (QED) is 0.589. The number of hydrogen-bond acceptors (Lipinski definition) is 2. The van der Waals surface area contributed by atoms with Crippen LogP contribution in [0.1, 0.15) is 20.3 Å². The molecule has 63 valence electrons. The van der Waals surface area contributed by atoms with E-state index in [0.717, 1.165) is 13.0 Å². The molecular formula is C8H14NO2. The molecule has 0 bridgehead atoms. The van der Waals surface area contributed by atoms with Crippen molar-refractivity contribution in [2.75, 3.05) is 6.54 Å². The lowest BCUT2D eigenvalue weighted by Gasteiger charge is -2.41. The summed E-state index contributed by atoms with van der Waals surface area (Å²) in [6.45, 7) is 7.49. The van der Waals surface area contributed by atoms with Gasteiger partial charge in [0.15, 0.2) is 0 Å². The monoisotopic (exact) mass is 156 g/mol. The summed E-state index contributed by atoms with van der Waals surface area (Å²) in [5.74, 6) is -0.219. The van der Waals surface area contributed by atoms with Gasteiger partial charge in [-0.2, -0.15) is 0 Å². The van der Waals surface area contributed by atoms with Crippen molar-refractivity contribution in [2.24, 2.45) is 0 Å². The Labute approximate surface area is 67.0 Å². The Kier molecular flexibility index (Phi) is 1.92. The molecule has 1 aliphatic heterocycles. The molecule has 11 heavy (non-hydrogen) atoms. The average Bonchev–Trinajstić information content (AvgIpc) is 1.83. The molecule has 0 spiro atoms. The molecule has 1 radical (unpaired) electrons. The van der Waals surface area contributed by atoms with Crippen LogP contribution in [0, 0.1) is 6.92 Å². The van der Waals surface area contributed by atoms with Gasteiger partial charge in [-0.05, 0) is 27.2 Å². The highest BCUT2D eigenvalue weighted by Gasteiger charge is 2.36. The summed E-state index contributed by atoms with van der Waals surface area (Å²) < 4.78 is 0. The van der Waals surface area contributed by atoms with Gasteiger partial charge in [-0.25, -0.2) is 0 Å². The molecule has 0 aromatic carbocycles. The lowest BCUT2D eigenvalue weighted by Crippen LogP contribution is -2.56. The summed E-state index contributed by atoms with van der Waals surface area (Å²) >= 11 is 0. The topological polar surface area (TPSA) is 40.5 Å². The maximum atomic E-state index is 11.3. The Balaban J connectivity index is 2.55. The summed E-state index contributed by atoms with van der Waals surface area (Å²) in [7, 11) is 0. The molecule has 3 nitrogen and oxygen atoms in total. The van der Waals surface area contributed by atoms with Crippen LogP contribution >= 0.6 is 0 Å². The van der Waals surface area contributed by atoms with Crippen molar-refractivity contribution in [3.05, 3.63) is 6.92 Å². The largest absolute Gasteiger partial charge is 0.381 e. The molecule has 1 rings (SSSR count). The maximum absolute atomic E-state index is 11.3. The minimum Gasteiger partial charge on any atom is -0.381 e. The summed E-state index contributed by atoms with van der Waals surface area (Å²) in [5, 5.41) is 9.32. The number of aliphatic hydroxyl groups is 1. The van der Waals surface area contributed by atoms with E-state index in [4.69, 9.17) is 0 Å². The van der Waals surface area contributed by atoms with E-state index in [2.05, 4.69) is 6.92 Å². The minimum atomic E-state index is -1.24. The Morgan fingerprint density at radius 2 is 2.27 bits per heavy atom. The van der Waals surface area contributed by atoms with Gasteiger partial charge in [-0.3, -0.25) is 4.79 Å². The van der Waals surface area contributed by atoms with Gasteiger partial charge in [0.05, 0.1) is 0 Å². The fraction of sp³-hybridized carbons (Fsp3) is 0.750. The van der Waals surface area contributed by atoms with E-state index in [-0.39, 0.29) is 11.9 Å². The molecule has 1 N–H and O–H groups in total.